The first-order valence-corrected chi connectivity index (χ1v) is 8.65. The molecule has 26 heavy (non-hydrogen) atoms. The number of aryl methyl sites for hydroxylation is 1. The van der Waals surface area contributed by atoms with E-state index < -0.39 is 0 Å². The van der Waals surface area contributed by atoms with Gasteiger partial charge in [-0.2, -0.15) is 9.50 Å². The molecule has 1 aliphatic rings. The van der Waals surface area contributed by atoms with Crippen LogP contribution in [0.4, 0.5) is 5.95 Å². The van der Waals surface area contributed by atoms with Crippen LogP contribution < -0.4 is 20.3 Å². The maximum atomic E-state index is 12.6. The van der Waals surface area contributed by atoms with Crippen molar-refractivity contribution in [3.8, 4) is 11.5 Å². The Morgan fingerprint density at radius 1 is 1.15 bits per heavy atom. The fourth-order valence-corrected chi connectivity index (χ4v) is 3.30. The molecule has 0 amide bonds. The molecule has 0 fully saturated rings. The fraction of sp³-hybridized carbons (Fsp3) is 0.389. The highest BCUT2D eigenvalue weighted by Crippen LogP contribution is 2.27. The lowest BCUT2D eigenvalue weighted by Crippen LogP contribution is -2.25. The van der Waals surface area contributed by atoms with E-state index in [9.17, 15) is 4.79 Å². The van der Waals surface area contributed by atoms with Gasteiger partial charge in [0, 0.05) is 12.1 Å². The molecule has 1 aliphatic carbocycles. The predicted octanol–water partition coefficient (Wildman–Crippen LogP) is 1.93. The molecular weight excluding hydrogens is 334 g/mol. The number of benzene rings is 1. The van der Waals surface area contributed by atoms with E-state index in [2.05, 4.69) is 20.4 Å². The summed E-state index contributed by atoms with van der Waals surface area (Å²) in [6.07, 6.45) is 3.75. The van der Waals surface area contributed by atoms with Crippen molar-refractivity contribution in [2.45, 2.75) is 32.2 Å². The van der Waals surface area contributed by atoms with E-state index in [0.717, 1.165) is 42.5 Å². The highest BCUT2D eigenvalue weighted by atomic mass is 16.5. The maximum Gasteiger partial charge on any atom is 0.277 e. The number of nitrogens with zero attached hydrogens (tertiary/aromatic N) is 3. The first kappa shape index (κ1) is 16.4. The predicted molar refractivity (Wildman–Crippen MR) is 97.1 cm³/mol. The standard InChI is InChI=1S/C18H21N5O3/c1-25-14-8-7-11(9-15(14)26-2)10-19-17-21-18-20-13-6-4-3-5-12(13)16(24)23(18)22-17/h7-9H,3-6,10H2,1-2H3,(H2,19,20,21,22). The Morgan fingerprint density at radius 2 is 1.96 bits per heavy atom. The van der Waals surface area contributed by atoms with Gasteiger partial charge in [-0.1, -0.05) is 6.07 Å². The third-order valence-electron chi connectivity index (χ3n) is 4.67. The van der Waals surface area contributed by atoms with Crippen molar-refractivity contribution >= 4 is 11.7 Å². The molecule has 0 aliphatic heterocycles. The van der Waals surface area contributed by atoms with Gasteiger partial charge < -0.3 is 14.8 Å². The molecule has 3 aromatic rings. The van der Waals surface area contributed by atoms with Crippen LogP contribution in [0.5, 0.6) is 11.5 Å². The summed E-state index contributed by atoms with van der Waals surface area (Å²) in [4.78, 5) is 21.6. The number of methoxy groups -OCH3 is 2. The van der Waals surface area contributed by atoms with Gasteiger partial charge in [0.25, 0.3) is 11.3 Å². The van der Waals surface area contributed by atoms with Crippen LogP contribution in [-0.2, 0) is 19.4 Å². The number of ether oxygens (including phenoxy) is 2. The van der Waals surface area contributed by atoms with Crippen molar-refractivity contribution in [1.29, 1.82) is 0 Å². The van der Waals surface area contributed by atoms with Gasteiger partial charge >= 0.3 is 0 Å². The van der Waals surface area contributed by atoms with E-state index >= 15 is 0 Å². The second-order valence-corrected chi connectivity index (χ2v) is 6.30. The molecule has 0 saturated heterocycles. The Hall–Kier alpha value is -3.03. The summed E-state index contributed by atoms with van der Waals surface area (Å²) in [5.74, 6) is 2.26. The molecule has 136 valence electrons. The summed E-state index contributed by atoms with van der Waals surface area (Å²) in [7, 11) is 3.21. The Morgan fingerprint density at radius 3 is 2.77 bits per heavy atom. The molecule has 4 rings (SSSR count). The Kier molecular flexibility index (Phi) is 4.24. The summed E-state index contributed by atoms with van der Waals surface area (Å²) >= 11 is 0. The van der Waals surface area contributed by atoms with E-state index in [4.69, 9.17) is 9.47 Å². The number of aromatic nitrogens is 4. The molecule has 8 nitrogen and oxygen atoms in total. The number of hydrogen-bond donors (Lipinski definition) is 2. The van der Waals surface area contributed by atoms with Crippen molar-refractivity contribution in [1.82, 2.24) is 19.6 Å². The van der Waals surface area contributed by atoms with Crippen LogP contribution in [0.3, 0.4) is 0 Å². The lowest BCUT2D eigenvalue weighted by molar-refractivity contribution is 0.354. The first-order valence-electron chi connectivity index (χ1n) is 8.65. The zero-order valence-corrected chi connectivity index (χ0v) is 14.8. The van der Waals surface area contributed by atoms with Crippen molar-refractivity contribution in [2.75, 3.05) is 19.5 Å². The highest BCUT2D eigenvalue weighted by molar-refractivity contribution is 5.45. The zero-order valence-electron chi connectivity index (χ0n) is 14.8. The second kappa shape index (κ2) is 6.70. The topological polar surface area (TPSA) is 93.5 Å². The normalized spacial score (nSPS) is 13.5. The van der Waals surface area contributed by atoms with E-state index in [1.165, 1.54) is 4.52 Å². The number of fused-ring (bicyclic) bond motifs is 2. The minimum atomic E-state index is -0.0450. The van der Waals surface area contributed by atoms with Crippen LogP contribution in [0.15, 0.2) is 23.0 Å². The molecule has 0 radical (unpaired) electrons. The van der Waals surface area contributed by atoms with Gasteiger partial charge in [0.1, 0.15) is 0 Å². The number of rotatable bonds is 5. The molecule has 0 atom stereocenters. The summed E-state index contributed by atoms with van der Waals surface area (Å²) < 4.78 is 12.0. The SMILES string of the molecule is COc1ccc(CNc2nc3nc4c(c(=O)n3[nH]2)CCCC4)cc1OC. The Bertz CT molecular complexity index is 1010. The zero-order chi connectivity index (χ0) is 18.1. The molecule has 2 aromatic heterocycles. The Balaban J connectivity index is 1.58. The van der Waals surface area contributed by atoms with Crippen molar-refractivity contribution in [2.24, 2.45) is 0 Å². The summed E-state index contributed by atoms with van der Waals surface area (Å²) in [6, 6.07) is 5.70. The lowest BCUT2D eigenvalue weighted by atomic mass is 9.97. The summed E-state index contributed by atoms with van der Waals surface area (Å²) in [5, 5.41) is 6.19. The third-order valence-corrected chi connectivity index (χ3v) is 4.67. The van der Waals surface area contributed by atoms with E-state index in [0.29, 0.717) is 29.8 Å². The van der Waals surface area contributed by atoms with Crippen molar-refractivity contribution in [3.63, 3.8) is 0 Å². The molecule has 0 saturated carbocycles. The molecular formula is C18H21N5O3. The van der Waals surface area contributed by atoms with E-state index in [1.807, 2.05) is 18.2 Å². The van der Waals surface area contributed by atoms with E-state index in [-0.39, 0.29) is 5.56 Å². The smallest absolute Gasteiger partial charge is 0.277 e. The average molecular weight is 355 g/mol. The third kappa shape index (κ3) is 2.87. The maximum absolute atomic E-state index is 12.6. The molecule has 0 spiro atoms. The number of aromatic amines is 1. The van der Waals surface area contributed by atoms with Crippen molar-refractivity contribution < 1.29 is 9.47 Å². The second-order valence-electron chi connectivity index (χ2n) is 6.30. The highest BCUT2D eigenvalue weighted by Gasteiger charge is 2.18. The Labute approximate surface area is 150 Å². The van der Waals surface area contributed by atoms with Gasteiger partial charge in [0.05, 0.1) is 19.9 Å². The van der Waals surface area contributed by atoms with Crippen LogP contribution in [0.2, 0.25) is 0 Å². The molecule has 1 aromatic carbocycles. The summed E-state index contributed by atoms with van der Waals surface area (Å²) in [6.45, 7) is 0.522. The van der Waals surface area contributed by atoms with Crippen LogP contribution in [0.25, 0.3) is 5.78 Å². The van der Waals surface area contributed by atoms with Crippen molar-refractivity contribution in [3.05, 3.63) is 45.4 Å². The van der Waals surface area contributed by atoms with Crippen LogP contribution >= 0.6 is 0 Å². The van der Waals surface area contributed by atoms with Gasteiger partial charge in [-0.25, -0.2) is 4.98 Å². The van der Waals surface area contributed by atoms with Crippen LogP contribution in [0, 0.1) is 0 Å². The van der Waals surface area contributed by atoms with Crippen LogP contribution in [0.1, 0.15) is 29.7 Å². The molecule has 0 unspecified atom stereocenters. The van der Waals surface area contributed by atoms with Crippen LogP contribution in [-0.4, -0.2) is 33.8 Å². The molecule has 2 heterocycles. The average Bonchev–Trinajstić information content (AvgIpc) is 3.09. The van der Waals surface area contributed by atoms with Gasteiger partial charge in [-0.3, -0.25) is 9.89 Å². The lowest BCUT2D eigenvalue weighted by Gasteiger charge is -2.12. The minimum Gasteiger partial charge on any atom is -0.493 e. The molecule has 2 N–H and O–H groups in total. The van der Waals surface area contributed by atoms with E-state index in [1.54, 1.807) is 14.2 Å². The van der Waals surface area contributed by atoms with Gasteiger partial charge in [0.2, 0.25) is 5.95 Å². The van der Waals surface area contributed by atoms with Gasteiger partial charge in [-0.15, -0.1) is 0 Å². The number of hydrogen-bond acceptors (Lipinski definition) is 6. The summed E-state index contributed by atoms with van der Waals surface area (Å²) in [5.41, 5.74) is 2.65. The monoisotopic (exact) mass is 355 g/mol. The number of H-pyrrole nitrogens is 1. The quantitative estimate of drug-likeness (QED) is 0.726. The van der Waals surface area contributed by atoms with Gasteiger partial charge in [0.15, 0.2) is 11.5 Å². The fourth-order valence-electron chi connectivity index (χ4n) is 3.30. The molecule has 0 bridgehead atoms. The number of anilines is 1. The van der Waals surface area contributed by atoms with Gasteiger partial charge in [-0.05, 0) is 43.4 Å². The molecule has 8 heteroatoms. The largest absolute Gasteiger partial charge is 0.493 e. The first-order chi connectivity index (χ1) is 12.7. The minimum absolute atomic E-state index is 0.0450. The number of nitrogens with one attached hydrogen (secondary N) is 2.